The van der Waals surface area contributed by atoms with Crippen LogP contribution in [0.2, 0.25) is 5.28 Å². The Balaban J connectivity index is 2.37. The average molecular weight is 174 g/mol. The molecule has 1 aromatic rings. The van der Waals surface area contributed by atoms with Gasteiger partial charge in [-0.2, -0.15) is 0 Å². The molecule has 0 saturated carbocycles. The SMILES string of the molecule is Cc1ccc(CCC[CH2][Al+2])cc1. The van der Waals surface area contributed by atoms with Gasteiger partial charge in [0, 0.05) is 0 Å². The molecule has 0 nitrogen and oxygen atoms in total. The number of hydrogen-bond acceptors (Lipinski definition) is 0. The molecule has 0 spiro atoms. The van der Waals surface area contributed by atoms with Crippen LogP contribution in [-0.4, -0.2) is 16.3 Å². The van der Waals surface area contributed by atoms with E-state index in [0.717, 1.165) is 0 Å². The van der Waals surface area contributed by atoms with Crippen LogP contribution in [0.4, 0.5) is 0 Å². The second-order valence-electron chi connectivity index (χ2n) is 3.23. The van der Waals surface area contributed by atoms with Crippen LogP contribution in [-0.2, 0) is 6.42 Å². The van der Waals surface area contributed by atoms with Gasteiger partial charge in [-0.05, 0) is 0 Å². The van der Waals surface area contributed by atoms with E-state index in [0.29, 0.717) is 0 Å². The van der Waals surface area contributed by atoms with Gasteiger partial charge >= 0.3 is 83.2 Å². The average Bonchev–Trinajstić information content (AvgIpc) is 2.09. The van der Waals surface area contributed by atoms with Gasteiger partial charge in [0.1, 0.15) is 0 Å². The first-order chi connectivity index (χ1) is 5.83. The molecule has 0 N–H and O–H groups in total. The van der Waals surface area contributed by atoms with Crippen LogP contribution in [0.15, 0.2) is 24.3 Å². The van der Waals surface area contributed by atoms with Crippen LogP contribution >= 0.6 is 0 Å². The third-order valence-electron chi connectivity index (χ3n) is 2.04. The first-order valence-corrected chi connectivity index (χ1v) is 5.40. The van der Waals surface area contributed by atoms with Crippen LogP contribution in [0.1, 0.15) is 24.0 Å². The quantitative estimate of drug-likeness (QED) is 0.486. The fourth-order valence-electron chi connectivity index (χ4n) is 1.23. The monoisotopic (exact) mass is 174 g/mol. The van der Waals surface area contributed by atoms with E-state index < -0.39 is 0 Å². The van der Waals surface area contributed by atoms with Crippen molar-refractivity contribution in [2.24, 2.45) is 0 Å². The normalized spacial score (nSPS) is 10.2. The zero-order valence-electron chi connectivity index (χ0n) is 7.72. The standard InChI is InChI=1S/C11H15.Al/c1-3-4-5-11-8-6-10(2)7-9-11;/h6-9H,1,3-5H2,2H3;/q;+2. The van der Waals surface area contributed by atoms with Crippen molar-refractivity contribution < 1.29 is 0 Å². The van der Waals surface area contributed by atoms with Crippen molar-refractivity contribution in [2.45, 2.75) is 31.5 Å². The molecule has 0 aliphatic heterocycles. The fourth-order valence-corrected chi connectivity index (χ4v) is 1.52. The molecule has 1 rings (SSSR count). The predicted octanol–water partition coefficient (Wildman–Crippen LogP) is 2.90. The first-order valence-electron chi connectivity index (χ1n) is 4.58. The van der Waals surface area contributed by atoms with E-state index in [4.69, 9.17) is 0 Å². The summed E-state index contributed by atoms with van der Waals surface area (Å²) in [6.45, 7) is 2.13. The minimum absolute atomic E-state index is 1.23. The molecule has 0 amide bonds. The molecule has 0 bridgehead atoms. The molecule has 0 unspecified atom stereocenters. The summed E-state index contributed by atoms with van der Waals surface area (Å²) in [5.41, 5.74) is 2.82. The van der Waals surface area contributed by atoms with E-state index in [-0.39, 0.29) is 0 Å². The van der Waals surface area contributed by atoms with Crippen molar-refractivity contribution in [3.8, 4) is 0 Å². The van der Waals surface area contributed by atoms with Crippen molar-refractivity contribution in [2.75, 3.05) is 0 Å². The Morgan fingerprint density at radius 3 is 2.33 bits per heavy atom. The summed E-state index contributed by atoms with van der Waals surface area (Å²) < 4.78 is 0. The van der Waals surface area contributed by atoms with Crippen LogP contribution in [0, 0.1) is 6.92 Å². The topological polar surface area (TPSA) is 0 Å². The van der Waals surface area contributed by atoms with Crippen molar-refractivity contribution in [1.82, 2.24) is 0 Å². The molecule has 0 radical (unpaired) electrons. The van der Waals surface area contributed by atoms with Crippen molar-refractivity contribution in [3.05, 3.63) is 35.4 Å². The number of benzene rings is 1. The van der Waals surface area contributed by atoms with Crippen molar-refractivity contribution in [3.63, 3.8) is 0 Å². The molecule has 0 atom stereocenters. The molecule has 1 heteroatoms. The molecule has 0 saturated heterocycles. The van der Waals surface area contributed by atoms with E-state index >= 15 is 0 Å². The fraction of sp³-hybridized carbons (Fsp3) is 0.455. The first kappa shape index (κ1) is 9.84. The second-order valence-corrected chi connectivity index (χ2v) is 3.81. The van der Waals surface area contributed by atoms with Gasteiger partial charge in [-0.15, -0.1) is 0 Å². The molecule has 60 valence electrons. The van der Waals surface area contributed by atoms with Crippen molar-refractivity contribution in [1.29, 1.82) is 0 Å². The Kier molecular flexibility index (Phi) is 4.43. The Morgan fingerprint density at radius 2 is 1.75 bits per heavy atom. The Labute approximate surface area is 83.4 Å². The molecule has 0 aromatic heterocycles. The third-order valence-corrected chi connectivity index (χ3v) is 2.45. The summed E-state index contributed by atoms with van der Waals surface area (Å²) in [6.07, 6.45) is 3.86. The van der Waals surface area contributed by atoms with Gasteiger partial charge in [0.15, 0.2) is 0 Å². The molecule has 0 aliphatic rings. The number of rotatable bonds is 4. The summed E-state index contributed by atoms with van der Waals surface area (Å²) >= 11 is 2.77. The van der Waals surface area contributed by atoms with Crippen LogP contribution in [0.3, 0.4) is 0 Å². The van der Waals surface area contributed by atoms with Crippen molar-refractivity contribution >= 4 is 16.3 Å². The summed E-state index contributed by atoms with van der Waals surface area (Å²) in [5, 5.41) is 1.23. The zero-order valence-corrected chi connectivity index (χ0v) is 8.87. The molecule has 12 heavy (non-hydrogen) atoms. The van der Waals surface area contributed by atoms with Gasteiger partial charge in [-0.25, -0.2) is 0 Å². The molecule has 1 aromatic carbocycles. The van der Waals surface area contributed by atoms with Gasteiger partial charge < -0.3 is 0 Å². The van der Waals surface area contributed by atoms with Crippen LogP contribution < -0.4 is 0 Å². The maximum atomic E-state index is 2.77. The zero-order chi connectivity index (χ0) is 8.81. The molecular weight excluding hydrogens is 159 g/mol. The van der Waals surface area contributed by atoms with Gasteiger partial charge in [0.05, 0.1) is 0 Å². The second kappa shape index (κ2) is 5.41. The third kappa shape index (κ3) is 3.43. The van der Waals surface area contributed by atoms with Gasteiger partial charge in [-0.1, -0.05) is 0 Å². The van der Waals surface area contributed by atoms with E-state index in [1.54, 1.807) is 0 Å². The number of hydrogen-bond donors (Lipinski definition) is 0. The van der Waals surface area contributed by atoms with Gasteiger partial charge in [0.25, 0.3) is 0 Å². The molecular formula is C11H15Al+2. The van der Waals surface area contributed by atoms with E-state index in [2.05, 4.69) is 47.5 Å². The summed E-state index contributed by atoms with van der Waals surface area (Å²) in [4.78, 5) is 0. The molecule has 0 aliphatic carbocycles. The Hall–Kier alpha value is -0.248. The summed E-state index contributed by atoms with van der Waals surface area (Å²) in [6, 6.07) is 8.85. The Bertz CT molecular complexity index is 213. The van der Waals surface area contributed by atoms with Gasteiger partial charge in [-0.3, -0.25) is 0 Å². The molecule has 0 heterocycles. The van der Waals surface area contributed by atoms with E-state index in [1.807, 2.05) is 0 Å². The Morgan fingerprint density at radius 1 is 1.08 bits per heavy atom. The molecule has 0 fully saturated rings. The van der Waals surface area contributed by atoms with Crippen LogP contribution in [0.5, 0.6) is 0 Å². The van der Waals surface area contributed by atoms with Gasteiger partial charge in [0.2, 0.25) is 0 Å². The van der Waals surface area contributed by atoms with E-state index in [1.165, 1.54) is 35.7 Å². The minimum atomic E-state index is 1.23. The number of unbranched alkanes of at least 4 members (excludes halogenated alkanes) is 1. The summed E-state index contributed by atoms with van der Waals surface area (Å²) in [5.74, 6) is 0. The predicted molar refractivity (Wildman–Crippen MR) is 54.7 cm³/mol. The van der Waals surface area contributed by atoms with E-state index in [9.17, 15) is 0 Å². The maximum absolute atomic E-state index is 2.77. The summed E-state index contributed by atoms with van der Waals surface area (Å²) in [7, 11) is 0. The number of aryl methyl sites for hydroxylation is 2. The van der Waals surface area contributed by atoms with Crippen LogP contribution in [0.25, 0.3) is 0 Å².